The van der Waals surface area contributed by atoms with Crippen LogP contribution in [0.3, 0.4) is 0 Å². The van der Waals surface area contributed by atoms with Gasteiger partial charge in [-0.3, -0.25) is 9.59 Å². The summed E-state index contributed by atoms with van der Waals surface area (Å²) in [6.07, 6.45) is -4.75. The van der Waals surface area contributed by atoms with E-state index in [1.54, 1.807) is 12.1 Å². The molecule has 0 saturated carbocycles. The Hall–Kier alpha value is -2.19. The van der Waals surface area contributed by atoms with Gasteiger partial charge >= 0.3 is 6.18 Å². The highest BCUT2D eigenvalue weighted by Crippen LogP contribution is 2.37. The summed E-state index contributed by atoms with van der Waals surface area (Å²) in [5.41, 5.74) is -0.399. The lowest BCUT2D eigenvalue weighted by Gasteiger charge is -2.23. The van der Waals surface area contributed by atoms with Gasteiger partial charge in [-0.2, -0.15) is 13.2 Å². The summed E-state index contributed by atoms with van der Waals surface area (Å²) in [4.78, 5) is 25.1. The first kappa shape index (κ1) is 18.6. The topological polar surface area (TPSA) is 58.2 Å². The second kappa shape index (κ2) is 7.20. The molecule has 2 amide bonds. The number of para-hydroxylation sites is 1. The molecule has 4 nitrogen and oxygen atoms in total. The molecule has 3 rings (SSSR count). The van der Waals surface area contributed by atoms with Crippen molar-refractivity contribution in [1.29, 1.82) is 0 Å². The SMILES string of the molecule is O=C(CC1Sc2ccccc2NC1=O)Nc1cc(C(F)(F)F)ccc1Cl. The molecule has 2 aromatic carbocycles. The third-order valence-electron chi connectivity index (χ3n) is 3.65. The first-order valence-electron chi connectivity index (χ1n) is 7.47. The number of thioether (sulfide) groups is 1. The molecule has 2 aromatic rings. The van der Waals surface area contributed by atoms with Crippen LogP contribution >= 0.6 is 23.4 Å². The molecule has 2 N–H and O–H groups in total. The number of anilines is 2. The van der Waals surface area contributed by atoms with Gasteiger partial charge in [-0.05, 0) is 30.3 Å². The fourth-order valence-corrected chi connectivity index (χ4v) is 3.67. The van der Waals surface area contributed by atoms with Crippen molar-refractivity contribution in [2.24, 2.45) is 0 Å². The predicted octanol–water partition coefficient (Wildman–Crippen LogP) is 4.80. The largest absolute Gasteiger partial charge is 0.416 e. The van der Waals surface area contributed by atoms with Crippen LogP contribution in [0.5, 0.6) is 0 Å². The Kier molecular flexibility index (Phi) is 5.15. The van der Waals surface area contributed by atoms with Crippen LogP contribution in [0.15, 0.2) is 47.4 Å². The normalized spacial score (nSPS) is 16.6. The van der Waals surface area contributed by atoms with Gasteiger partial charge in [0.05, 0.1) is 27.2 Å². The van der Waals surface area contributed by atoms with E-state index in [4.69, 9.17) is 11.6 Å². The molecule has 1 heterocycles. The number of hydrogen-bond donors (Lipinski definition) is 2. The maximum atomic E-state index is 12.8. The minimum atomic E-state index is -4.55. The summed E-state index contributed by atoms with van der Waals surface area (Å²) in [5, 5.41) is 4.35. The quantitative estimate of drug-likeness (QED) is 0.778. The van der Waals surface area contributed by atoms with Crippen LogP contribution in [0.4, 0.5) is 24.5 Å². The average molecular weight is 401 g/mol. The number of carbonyl (C=O) groups excluding carboxylic acids is 2. The van der Waals surface area contributed by atoms with Crippen LogP contribution in [0.25, 0.3) is 0 Å². The van der Waals surface area contributed by atoms with Crippen molar-refractivity contribution in [3.05, 3.63) is 53.1 Å². The van der Waals surface area contributed by atoms with Gasteiger partial charge in [0, 0.05) is 11.3 Å². The zero-order valence-corrected chi connectivity index (χ0v) is 14.6. The van der Waals surface area contributed by atoms with Crippen molar-refractivity contribution in [2.75, 3.05) is 10.6 Å². The predicted molar refractivity (Wildman–Crippen MR) is 94.4 cm³/mol. The fourth-order valence-electron chi connectivity index (χ4n) is 2.39. The molecule has 1 aliphatic heterocycles. The van der Waals surface area contributed by atoms with Gasteiger partial charge in [0.15, 0.2) is 0 Å². The van der Waals surface area contributed by atoms with Gasteiger partial charge in [-0.1, -0.05) is 23.7 Å². The molecule has 0 radical (unpaired) electrons. The second-order valence-electron chi connectivity index (χ2n) is 5.54. The molecule has 0 bridgehead atoms. The van der Waals surface area contributed by atoms with E-state index in [1.807, 2.05) is 12.1 Å². The number of fused-ring (bicyclic) bond motifs is 1. The lowest BCUT2D eigenvalue weighted by molar-refractivity contribution is -0.137. The molecule has 9 heteroatoms. The van der Waals surface area contributed by atoms with E-state index in [1.165, 1.54) is 11.8 Å². The van der Waals surface area contributed by atoms with Crippen molar-refractivity contribution in [3.8, 4) is 0 Å². The summed E-state index contributed by atoms with van der Waals surface area (Å²) >= 11 is 7.09. The number of carbonyl (C=O) groups is 2. The molecule has 136 valence electrons. The number of rotatable bonds is 3. The molecule has 0 saturated heterocycles. The fraction of sp³-hybridized carbons (Fsp3) is 0.176. The highest BCUT2D eigenvalue weighted by atomic mass is 35.5. The minimum absolute atomic E-state index is 0.0163. The van der Waals surface area contributed by atoms with Gasteiger partial charge in [0.1, 0.15) is 0 Å². The lowest BCUT2D eigenvalue weighted by Crippen LogP contribution is -2.32. The summed E-state index contributed by atoms with van der Waals surface area (Å²) < 4.78 is 38.4. The maximum Gasteiger partial charge on any atom is 0.416 e. The third-order valence-corrected chi connectivity index (χ3v) is 5.25. The van der Waals surface area contributed by atoms with E-state index < -0.39 is 22.9 Å². The van der Waals surface area contributed by atoms with Crippen molar-refractivity contribution in [1.82, 2.24) is 0 Å². The van der Waals surface area contributed by atoms with Gasteiger partial charge in [0.25, 0.3) is 0 Å². The van der Waals surface area contributed by atoms with Gasteiger partial charge in [0.2, 0.25) is 11.8 Å². The molecular formula is C17H12ClF3N2O2S. The Bertz CT molecular complexity index is 873. The number of benzene rings is 2. The molecule has 0 aliphatic carbocycles. The second-order valence-corrected chi connectivity index (χ2v) is 7.19. The van der Waals surface area contributed by atoms with Crippen LogP contribution in [-0.2, 0) is 15.8 Å². The molecule has 26 heavy (non-hydrogen) atoms. The van der Waals surface area contributed by atoms with Gasteiger partial charge in [-0.25, -0.2) is 0 Å². The van der Waals surface area contributed by atoms with Crippen LogP contribution in [-0.4, -0.2) is 17.1 Å². The van der Waals surface area contributed by atoms with Crippen molar-refractivity contribution < 1.29 is 22.8 Å². The Morgan fingerprint density at radius 1 is 1.23 bits per heavy atom. The summed E-state index contributed by atoms with van der Waals surface area (Å²) in [6, 6.07) is 9.82. The Labute approximate surface area is 156 Å². The van der Waals surface area contributed by atoms with Gasteiger partial charge < -0.3 is 10.6 Å². The smallest absolute Gasteiger partial charge is 0.325 e. The molecule has 1 aliphatic rings. The monoisotopic (exact) mass is 400 g/mol. The highest BCUT2D eigenvalue weighted by Gasteiger charge is 2.32. The first-order chi connectivity index (χ1) is 12.2. The molecule has 0 spiro atoms. The molecule has 0 fully saturated rings. The van der Waals surface area contributed by atoms with Crippen LogP contribution in [0, 0.1) is 0 Å². The third kappa shape index (κ3) is 4.13. The first-order valence-corrected chi connectivity index (χ1v) is 8.73. The lowest BCUT2D eigenvalue weighted by atomic mass is 10.2. The van der Waals surface area contributed by atoms with Crippen molar-refractivity contribution in [2.45, 2.75) is 22.7 Å². The minimum Gasteiger partial charge on any atom is -0.325 e. The average Bonchev–Trinajstić information content (AvgIpc) is 2.56. The van der Waals surface area contributed by atoms with Crippen molar-refractivity contribution >= 4 is 46.6 Å². The van der Waals surface area contributed by atoms with Gasteiger partial charge in [-0.15, -0.1) is 11.8 Å². The number of halogens is 4. The van der Waals surface area contributed by atoms with E-state index >= 15 is 0 Å². The molecule has 1 atom stereocenters. The standard InChI is InChI=1S/C17H12ClF3N2O2S/c18-10-6-5-9(17(19,20)21)7-12(10)22-15(24)8-14-16(25)23-11-3-1-2-4-13(11)26-14/h1-7,14H,8H2,(H,22,24)(H,23,25). The number of nitrogens with one attached hydrogen (secondary N) is 2. The van der Waals surface area contributed by atoms with E-state index in [0.717, 1.165) is 23.1 Å². The Morgan fingerprint density at radius 3 is 2.69 bits per heavy atom. The highest BCUT2D eigenvalue weighted by molar-refractivity contribution is 8.01. The van der Waals surface area contributed by atoms with Crippen molar-refractivity contribution in [3.63, 3.8) is 0 Å². The van der Waals surface area contributed by atoms with E-state index in [9.17, 15) is 22.8 Å². The van der Waals surface area contributed by atoms with E-state index in [2.05, 4.69) is 10.6 Å². The molecule has 1 unspecified atom stereocenters. The maximum absolute atomic E-state index is 12.8. The number of alkyl halides is 3. The van der Waals surface area contributed by atoms with Crippen LogP contribution < -0.4 is 10.6 Å². The summed E-state index contributed by atoms with van der Waals surface area (Å²) in [7, 11) is 0. The summed E-state index contributed by atoms with van der Waals surface area (Å²) in [5.74, 6) is -0.933. The number of amides is 2. The number of hydrogen-bond acceptors (Lipinski definition) is 3. The molecular weight excluding hydrogens is 389 g/mol. The zero-order chi connectivity index (χ0) is 18.9. The van der Waals surface area contributed by atoms with E-state index in [0.29, 0.717) is 5.69 Å². The zero-order valence-electron chi connectivity index (χ0n) is 13.1. The molecule has 0 aromatic heterocycles. The Morgan fingerprint density at radius 2 is 1.96 bits per heavy atom. The van der Waals surface area contributed by atoms with Crippen LogP contribution in [0.1, 0.15) is 12.0 Å². The van der Waals surface area contributed by atoms with Crippen LogP contribution in [0.2, 0.25) is 5.02 Å². The Balaban J connectivity index is 1.71. The van der Waals surface area contributed by atoms with E-state index in [-0.39, 0.29) is 23.0 Å². The summed E-state index contributed by atoms with van der Waals surface area (Å²) in [6.45, 7) is 0.